The van der Waals surface area contributed by atoms with Crippen LogP contribution >= 0.6 is 15.9 Å². The largest absolute Gasteiger partial charge is 0.508 e. The van der Waals surface area contributed by atoms with Gasteiger partial charge in [0.15, 0.2) is 0 Å². The van der Waals surface area contributed by atoms with Crippen LogP contribution in [0, 0.1) is 0 Å². The maximum atomic E-state index is 11.8. The highest BCUT2D eigenvalue weighted by Crippen LogP contribution is 2.23. The molecule has 1 atom stereocenters. The van der Waals surface area contributed by atoms with E-state index >= 15 is 0 Å². The number of alkyl halides is 1. The fraction of sp³-hybridized carbons (Fsp3) is 0.417. The zero-order valence-corrected chi connectivity index (χ0v) is 10.7. The van der Waals surface area contributed by atoms with Crippen LogP contribution in [0.25, 0.3) is 0 Å². The summed E-state index contributed by atoms with van der Waals surface area (Å²) in [7, 11) is 0. The van der Waals surface area contributed by atoms with Crippen molar-refractivity contribution >= 4 is 21.8 Å². The maximum absolute atomic E-state index is 11.8. The number of phenolic OH excluding ortho intramolecular Hbond substituents is 1. The molecule has 1 aromatic rings. The first-order valence-electron chi connectivity index (χ1n) is 5.31. The predicted octanol–water partition coefficient (Wildman–Crippen LogP) is 2.06. The molecule has 0 bridgehead atoms. The van der Waals surface area contributed by atoms with E-state index in [9.17, 15) is 9.90 Å². The van der Waals surface area contributed by atoms with Gasteiger partial charge < -0.3 is 10.0 Å². The Morgan fingerprint density at radius 1 is 1.50 bits per heavy atom. The van der Waals surface area contributed by atoms with Crippen molar-refractivity contribution < 1.29 is 9.90 Å². The van der Waals surface area contributed by atoms with E-state index in [1.54, 1.807) is 12.1 Å². The summed E-state index contributed by atoms with van der Waals surface area (Å²) >= 11 is 3.29. The van der Waals surface area contributed by atoms with Crippen molar-refractivity contribution in [3.63, 3.8) is 0 Å². The zero-order chi connectivity index (χ0) is 11.7. The average molecular weight is 284 g/mol. The van der Waals surface area contributed by atoms with Gasteiger partial charge in [-0.15, -0.1) is 0 Å². The van der Waals surface area contributed by atoms with Crippen molar-refractivity contribution in [2.75, 3.05) is 6.54 Å². The van der Waals surface area contributed by atoms with Crippen molar-refractivity contribution in [3.05, 3.63) is 29.3 Å². The summed E-state index contributed by atoms with van der Waals surface area (Å²) in [5, 5.41) is 9.41. The lowest BCUT2D eigenvalue weighted by Crippen LogP contribution is -2.39. The van der Waals surface area contributed by atoms with Crippen LogP contribution in [-0.2, 0) is 17.8 Å². The van der Waals surface area contributed by atoms with Crippen molar-refractivity contribution in [1.82, 2.24) is 4.90 Å². The van der Waals surface area contributed by atoms with Crippen molar-refractivity contribution in [2.24, 2.45) is 0 Å². The number of nitrogens with zero attached hydrogens (tertiary/aromatic N) is 1. The van der Waals surface area contributed by atoms with Crippen LogP contribution in [0.3, 0.4) is 0 Å². The molecule has 16 heavy (non-hydrogen) atoms. The van der Waals surface area contributed by atoms with Crippen LogP contribution < -0.4 is 0 Å². The van der Waals surface area contributed by atoms with Gasteiger partial charge in [0.05, 0.1) is 4.83 Å². The number of halogens is 1. The van der Waals surface area contributed by atoms with Gasteiger partial charge in [-0.25, -0.2) is 0 Å². The van der Waals surface area contributed by atoms with Gasteiger partial charge in [0.2, 0.25) is 5.91 Å². The van der Waals surface area contributed by atoms with E-state index in [0.29, 0.717) is 6.54 Å². The first-order valence-corrected chi connectivity index (χ1v) is 6.23. The monoisotopic (exact) mass is 283 g/mol. The number of fused-ring (bicyclic) bond motifs is 1. The molecule has 0 saturated heterocycles. The van der Waals surface area contributed by atoms with Crippen LogP contribution in [0.4, 0.5) is 0 Å². The SMILES string of the molecule is CC(Br)C(=O)N1CCc2ccc(O)cc2C1. The second-order valence-corrected chi connectivity index (χ2v) is 5.45. The van der Waals surface area contributed by atoms with Gasteiger partial charge in [0, 0.05) is 13.1 Å². The molecular weight excluding hydrogens is 270 g/mol. The molecule has 4 heteroatoms. The number of phenols is 1. The van der Waals surface area contributed by atoms with Gasteiger partial charge >= 0.3 is 0 Å². The van der Waals surface area contributed by atoms with Gasteiger partial charge in [-0.2, -0.15) is 0 Å². The normalized spacial score (nSPS) is 16.8. The summed E-state index contributed by atoms with van der Waals surface area (Å²) in [6.45, 7) is 3.19. The molecule has 0 fully saturated rings. The minimum Gasteiger partial charge on any atom is -0.508 e. The second-order valence-electron chi connectivity index (χ2n) is 4.08. The number of hydrogen-bond acceptors (Lipinski definition) is 2. The summed E-state index contributed by atoms with van der Waals surface area (Å²) in [5.74, 6) is 0.369. The number of carbonyl (C=O) groups is 1. The highest BCUT2D eigenvalue weighted by Gasteiger charge is 2.23. The molecule has 0 spiro atoms. The molecule has 1 aromatic carbocycles. The van der Waals surface area contributed by atoms with E-state index in [-0.39, 0.29) is 16.5 Å². The van der Waals surface area contributed by atoms with Gasteiger partial charge in [0.1, 0.15) is 5.75 Å². The Morgan fingerprint density at radius 2 is 2.25 bits per heavy atom. The fourth-order valence-corrected chi connectivity index (χ4v) is 2.27. The van der Waals surface area contributed by atoms with E-state index in [4.69, 9.17) is 0 Å². The van der Waals surface area contributed by atoms with E-state index in [1.807, 2.05) is 17.9 Å². The fourth-order valence-electron chi connectivity index (χ4n) is 1.98. The van der Waals surface area contributed by atoms with Crippen LogP contribution in [0.5, 0.6) is 5.75 Å². The Kier molecular flexibility index (Phi) is 3.19. The van der Waals surface area contributed by atoms with Crippen LogP contribution in [-0.4, -0.2) is 27.3 Å². The molecule has 1 amide bonds. The number of aromatic hydroxyl groups is 1. The summed E-state index contributed by atoms with van der Waals surface area (Å²) < 4.78 is 0. The Morgan fingerprint density at radius 3 is 2.94 bits per heavy atom. The molecule has 0 radical (unpaired) electrons. The molecular formula is C12H14BrNO2. The minimum absolute atomic E-state index is 0.106. The maximum Gasteiger partial charge on any atom is 0.236 e. The van der Waals surface area contributed by atoms with Gasteiger partial charge in [-0.3, -0.25) is 4.79 Å². The first-order chi connectivity index (χ1) is 7.58. The lowest BCUT2D eigenvalue weighted by molar-refractivity contribution is -0.131. The Hall–Kier alpha value is -1.03. The smallest absolute Gasteiger partial charge is 0.236 e. The van der Waals surface area contributed by atoms with E-state index in [1.165, 1.54) is 5.56 Å². The van der Waals surface area contributed by atoms with Gasteiger partial charge in [-0.05, 0) is 36.6 Å². The molecule has 1 N–H and O–H groups in total. The lowest BCUT2D eigenvalue weighted by atomic mass is 9.99. The second kappa shape index (κ2) is 4.45. The Bertz CT molecular complexity index is 417. The minimum atomic E-state index is -0.147. The molecule has 1 heterocycles. The van der Waals surface area contributed by atoms with Crippen molar-refractivity contribution in [3.8, 4) is 5.75 Å². The number of hydrogen-bond donors (Lipinski definition) is 1. The van der Waals surface area contributed by atoms with E-state index in [0.717, 1.165) is 18.5 Å². The third-order valence-corrected chi connectivity index (χ3v) is 3.25. The summed E-state index contributed by atoms with van der Waals surface area (Å²) in [6.07, 6.45) is 0.862. The predicted molar refractivity (Wildman–Crippen MR) is 65.6 cm³/mol. The zero-order valence-electron chi connectivity index (χ0n) is 9.11. The highest BCUT2D eigenvalue weighted by molar-refractivity contribution is 9.10. The topological polar surface area (TPSA) is 40.5 Å². The van der Waals surface area contributed by atoms with E-state index < -0.39 is 0 Å². The number of benzene rings is 1. The van der Waals surface area contributed by atoms with E-state index in [2.05, 4.69) is 15.9 Å². The quantitative estimate of drug-likeness (QED) is 0.802. The Labute approximate surface area is 103 Å². The third kappa shape index (κ3) is 2.21. The van der Waals surface area contributed by atoms with Gasteiger partial charge in [0.25, 0.3) is 0 Å². The molecule has 1 unspecified atom stereocenters. The van der Waals surface area contributed by atoms with Gasteiger partial charge in [-0.1, -0.05) is 22.0 Å². The number of rotatable bonds is 1. The summed E-state index contributed by atoms with van der Waals surface area (Å²) in [6, 6.07) is 5.38. The molecule has 3 nitrogen and oxygen atoms in total. The Balaban J connectivity index is 2.20. The van der Waals surface area contributed by atoms with Crippen molar-refractivity contribution in [1.29, 1.82) is 0 Å². The van der Waals surface area contributed by atoms with Crippen LogP contribution in [0.1, 0.15) is 18.1 Å². The average Bonchev–Trinajstić information content (AvgIpc) is 2.26. The van der Waals surface area contributed by atoms with Crippen molar-refractivity contribution in [2.45, 2.75) is 24.7 Å². The summed E-state index contributed by atoms with van der Waals surface area (Å²) in [4.78, 5) is 13.5. The number of amides is 1. The van der Waals surface area contributed by atoms with Crippen LogP contribution in [0.2, 0.25) is 0 Å². The number of carbonyl (C=O) groups excluding carboxylic acids is 1. The molecule has 2 rings (SSSR count). The van der Waals surface area contributed by atoms with Crippen LogP contribution in [0.15, 0.2) is 18.2 Å². The molecule has 1 aliphatic rings. The molecule has 86 valence electrons. The standard InChI is InChI=1S/C12H14BrNO2/c1-8(13)12(16)14-5-4-9-2-3-11(15)6-10(9)7-14/h2-3,6,8,15H,4-5,7H2,1H3. The third-order valence-electron chi connectivity index (χ3n) is 2.85. The molecule has 1 aliphatic heterocycles. The molecule has 0 aromatic heterocycles. The summed E-state index contributed by atoms with van der Waals surface area (Å²) in [5.41, 5.74) is 2.27. The highest BCUT2D eigenvalue weighted by atomic mass is 79.9. The molecule has 0 saturated carbocycles. The first kappa shape index (κ1) is 11.5. The molecule has 0 aliphatic carbocycles. The lowest BCUT2D eigenvalue weighted by Gasteiger charge is -2.29.